The Morgan fingerprint density at radius 3 is 2.46 bits per heavy atom. The van der Waals surface area contributed by atoms with Gasteiger partial charge in [0.25, 0.3) is 11.8 Å². The average Bonchev–Trinajstić information content (AvgIpc) is 2.96. The van der Waals surface area contributed by atoms with Crippen LogP contribution in [0.5, 0.6) is 0 Å². The van der Waals surface area contributed by atoms with E-state index in [0.29, 0.717) is 23.6 Å². The Kier molecular flexibility index (Phi) is 8.81. The highest BCUT2D eigenvalue weighted by Gasteiger charge is 2.30. The van der Waals surface area contributed by atoms with Gasteiger partial charge < -0.3 is 15.1 Å². The summed E-state index contributed by atoms with van der Waals surface area (Å²) in [6.07, 6.45) is 1.94. The molecule has 2 heterocycles. The monoisotopic (exact) mass is 540 g/mol. The number of hydrogen-bond donors (Lipinski definition) is 1. The number of fused-ring (bicyclic) bond motifs is 1. The van der Waals surface area contributed by atoms with E-state index in [9.17, 15) is 9.59 Å². The fourth-order valence-corrected chi connectivity index (χ4v) is 6.10. The van der Waals surface area contributed by atoms with Gasteiger partial charge in [0.15, 0.2) is 0 Å². The molecule has 0 bridgehead atoms. The molecular weight excluding hydrogens is 504 g/mol. The summed E-state index contributed by atoms with van der Waals surface area (Å²) < 4.78 is 0. The van der Waals surface area contributed by atoms with Crippen LogP contribution in [0.1, 0.15) is 34.0 Å². The number of carbonyl (C=O) groups excluding carboxylic acids is 2. The molecule has 1 saturated heterocycles. The van der Waals surface area contributed by atoms with Gasteiger partial charge in [0, 0.05) is 49.7 Å². The molecule has 1 fully saturated rings. The molecule has 7 heteroatoms. The molecule has 0 unspecified atom stereocenters. The standard InChI is InChI=1S/C32H36N4O2S/c1-3-34-16-18-35(19-17-34)15-14-33-31(37)27-12-13-29-28(22-27)36(23-26-11-7-8-24(2)20-26)32(38)30(39-29)21-25-9-5-4-6-10-25/h4-13,20-22H,3,14-19,23H2,1-2H3,(H,33,37). The number of amides is 2. The Morgan fingerprint density at radius 1 is 0.949 bits per heavy atom. The molecule has 0 radical (unpaired) electrons. The molecule has 0 spiro atoms. The number of benzene rings is 3. The third kappa shape index (κ3) is 6.79. The van der Waals surface area contributed by atoms with Crippen molar-refractivity contribution < 1.29 is 9.59 Å². The predicted octanol–water partition coefficient (Wildman–Crippen LogP) is 5.04. The van der Waals surface area contributed by atoms with E-state index < -0.39 is 0 Å². The molecule has 39 heavy (non-hydrogen) atoms. The number of piperazine rings is 1. The van der Waals surface area contributed by atoms with Crippen molar-refractivity contribution in [3.8, 4) is 0 Å². The summed E-state index contributed by atoms with van der Waals surface area (Å²) in [7, 11) is 0. The first-order valence-corrected chi connectivity index (χ1v) is 14.5. The number of likely N-dealkylation sites (N-methyl/N-ethyl adjacent to an activating group) is 1. The van der Waals surface area contributed by atoms with Crippen LogP contribution in [0, 0.1) is 6.92 Å². The molecule has 2 aliphatic rings. The maximum atomic E-state index is 13.8. The van der Waals surface area contributed by atoms with Crippen molar-refractivity contribution in [2.45, 2.75) is 25.3 Å². The molecule has 5 rings (SSSR count). The van der Waals surface area contributed by atoms with Gasteiger partial charge in [0.1, 0.15) is 0 Å². The minimum absolute atomic E-state index is 0.0540. The van der Waals surface area contributed by atoms with Gasteiger partial charge in [-0.3, -0.25) is 14.5 Å². The van der Waals surface area contributed by atoms with Gasteiger partial charge in [-0.15, -0.1) is 0 Å². The zero-order chi connectivity index (χ0) is 27.2. The molecule has 3 aromatic rings. The number of rotatable bonds is 8. The fraction of sp³-hybridized carbons (Fsp3) is 0.312. The molecule has 3 aromatic carbocycles. The zero-order valence-electron chi connectivity index (χ0n) is 22.7. The Morgan fingerprint density at radius 2 is 1.72 bits per heavy atom. The number of aryl methyl sites for hydroxylation is 1. The molecule has 1 N–H and O–H groups in total. The van der Waals surface area contributed by atoms with Gasteiger partial charge in [-0.25, -0.2) is 0 Å². The average molecular weight is 541 g/mol. The summed E-state index contributed by atoms with van der Waals surface area (Å²) in [6, 6.07) is 23.8. The number of nitrogens with zero attached hydrogens (tertiary/aromatic N) is 3. The summed E-state index contributed by atoms with van der Waals surface area (Å²) in [4.78, 5) is 35.2. The fourth-order valence-electron chi connectivity index (χ4n) is 5.06. The second kappa shape index (κ2) is 12.6. The van der Waals surface area contributed by atoms with Crippen molar-refractivity contribution in [1.82, 2.24) is 15.1 Å². The maximum absolute atomic E-state index is 13.8. The molecule has 6 nitrogen and oxygen atoms in total. The van der Waals surface area contributed by atoms with E-state index >= 15 is 0 Å². The number of thioether (sulfide) groups is 1. The molecule has 0 aromatic heterocycles. The van der Waals surface area contributed by atoms with Gasteiger partial charge in [-0.1, -0.05) is 78.8 Å². The number of hydrogen-bond acceptors (Lipinski definition) is 5. The van der Waals surface area contributed by atoms with Gasteiger partial charge in [0.2, 0.25) is 0 Å². The third-order valence-corrected chi connectivity index (χ3v) is 8.41. The van der Waals surface area contributed by atoms with Crippen LogP contribution in [0.25, 0.3) is 6.08 Å². The lowest BCUT2D eigenvalue weighted by molar-refractivity contribution is -0.114. The summed E-state index contributed by atoms with van der Waals surface area (Å²) in [5, 5.41) is 3.09. The normalized spacial score (nSPS) is 17.3. The van der Waals surface area contributed by atoms with Gasteiger partial charge >= 0.3 is 0 Å². The van der Waals surface area contributed by atoms with E-state index in [2.05, 4.69) is 41.1 Å². The SMILES string of the molecule is CCN1CCN(CCNC(=O)c2ccc3c(c2)N(Cc2cccc(C)c2)C(=O)C(=Cc2ccccc2)S3)CC1. The smallest absolute Gasteiger partial charge is 0.265 e. The van der Waals surface area contributed by atoms with Crippen LogP contribution in [0.4, 0.5) is 5.69 Å². The third-order valence-electron chi connectivity index (χ3n) is 7.33. The molecule has 202 valence electrons. The van der Waals surface area contributed by atoms with Crippen molar-refractivity contribution in [1.29, 1.82) is 0 Å². The summed E-state index contributed by atoms with van der Waals surface area (Å²) in [6.45, 7) is 11.5. The maximum Gasteiger partial charge on any atom is 0.265 e. The molecule has 0 saturated carbocycles. The van der Waals surface area contributed by atoms with E-state index in [0.717, 1.165) is 66.5 Å². The summed E-state index contributed by atoms with van der Waals surface area (Å²) in [5.74, 6) is -0.162. The van der Waals surface area contributed by atoms with Crippen LogP contribution in [-0.4, -0.2) is 67.4 Å². The predicted molar refractivity (Wildman–Crippen MR) is 160 cm³/mol. The quantitative estimate of drug-likeness (QED) is 0.406. The van der Waals surface area contributed by atoms with Crippen LogP contribution in [-0.2, 0) is 11.3 Å². The minimum Gasteiger partial charge on any atom is -0.351 e. The Hall–Kier alpha value is -3.39. The van der Waals surface area contributed by atoms with Crippen molar-refractivity contribution in [2.24, 2.45) is 0 Å². The van der Waals surface area contributed by atoms with Crippen molar-refractivity contribution >= 4 is 35.3 Å². The highest BCUT2D eigenvalue weighted by Crippen LogP contribution is 2.43. The van der Waals surface area contributed by atoms with Crippen LogP contribution < -0.4 is 10.2 Å². The summed E-state index contributed by atoms with van der Waals surface area (Å²) in [5.41, 5.74) is 4.54. The first-order valence-electron chi connectivity index (χ1n) is 13.7. The van der Waals surface area contributed by atoms with Crippen molar-refractivity contribution in [3.63, 3.8) is 0 Å². The largest absolute Gasteiger partial charge is 0.351 e. The molecule has 2 aliphatic heterocycles. The highest BCUT2D eigenvalue weighted by molar-refractivity contribution is 8.04. The van der Waals surface area contributed by atoms with Gasteiger partial charge in [-0.2, -0.15) is 0 Å². The van der Waals surface area contributed by atoms with Crippen LogP contribution >= 0.6 is 11.8 Å². The molecule has 2 amide bonds. The Balaban J connectivity index is 1.34. The molecule has 0 atom stereocenters. The summed E-state index contributed by atoms with van der Waals surface area (Å²) >= 11 is 1.46. The molecule has 0 aliphatic carbocycles. The number of nitrogens with one attached hydrogen (secondary N) is 1. The first kappa shape index (κ1) is 27.2. The lowest BCUT2D eigenvalue weighted by Crippen LogP contribution is -2.48. The molecular formula is C32H36N4O2S. The second-order valence-electron chi connectivity index (χ2n) is 10.1. The first-order chi connectivity index (χ1) is 19.0. The van der Waals surface area contributed by atoms with Crippen LogP contribution in [0.2, 0.25) is 0 Å². The van der Waals surface area contributed by atoms with E-state index in [4.69, 9.17) is 0 Å². The van der Waals surface area contributed by atoms with E-state index in [1.165, 1.54) is 11.8 Å². The lowest BCUT2D eigenvalue weighted by Gasteiger charge is -2.34. The second-order valence-corrected chi connectivity index (χ2v) is 11.2. The minimum atomic E-state index is -0.108. The van der Waals surface area contributed by atoms with Crippen LogP contribution in [0.15, 0.2) is 82.6 Å². The topological polar surface area (TPSA) is 55.9 Å². The number of anilines is 1. The van der Waals surface area contributed by atoms with Gasteiger partial charge in [0.05, 0.1) is 17.1 Å². The van der Waals surface area contributed by atoms with Gasteiger partial charge in [-0.05, 0) is 48.9 Å². The highest BCUT2D eigenvalue weighted by atomic mass is 32.2. The van der Waals surface area contributed by atoms with E-state index in [1.54, 1.807) is 4.90 Å². The van der Waals surface area contributed by atoms with E-state index in [1.807, 2.05) is 66.7 Å². The number of carbonyl (C=O) groups is 2. The Bertz CT molecular complexity index is 1350. The zero-order valence-corrected chi connectivity index (χ0v) is 23.5. The van der Waals surface area contributed by atoms with Crippen molar-refractivity contribution in [3.05, 3.63) is 100.0 Å². The van der Waals surface area contributed by atoms with E-state index in [-0.39, 0.29) is 11.8 Å². The van der Waals surface area contributed by atoms with Crippen LogP contribution in [0.3, 0.4) is 0 Å². The lowest BCUT2D eigenvalue weighted by atomic mass is 10.1. The Labute approximate surface area is 235 Å². The van der Waals surface area contributed by atoms with Crippen molar-refractivity contribution in [2.75, 3.05) is 50.7 Å².